The van der Waals surface area contributed by atoms with Gasteiger partial charge >= 0.3 is 18.1 Å². The van der Waals surface area contributed by atoms with Gasteiger partial charge in [-0.25, -0.2) is 14.6 Å². The Kier molecular flexibility index (Phi) is 9.31. The highest BCUT2D eigenvalue weighted by atomic mass is 35.5. The van der Waals surface area contributed by atoms with Crippen LogP contribution in [0.15, 0.2) is 30.6 Å². The number of carboxylic acids is 2. The minimum atomic E-state index is -5.08. The summed E-state index contributed by atoms with van der Waals surface area (Å²) in [5, 5.41) is 21.8. The second kappa shape index (κ2) is 12.0. The summed E-state index contributed by atoms with van der Waals surface area (Å²) in [4.78, 5) is 27.2. The molecule has 1 saturated heterocycles. The molecule has 1 aliphatic carbocycles. The lowest BCUT2D eigenvalue weighted by molar-refractivity contribution is -0.192. The SMILES string of the molecule is Cn1cnc(C2CCC(N3C[C@H](C(=O)O)OC[C@@H]3Cc3ccc(Cl)cc3)CC2)n1.O=C(O)C(F)(F)F. The summed E-state index contributed by atoms with van der Waals surface area (Å²) in [6, 6.07) is 8.40. The molecule has 0 spiro atoms. The molecule has 1 aromatic heterocycles. The van der Waals surface area contributed by atoms with E-state index in [-0.39, 0.29) is 6.04 Å². The summed E-state index contributed by atoms with van der Waals surface area (Å²) in [6.07, 6.45) is 0.827. The number of carbonyl (C=O) groups is 2. The topological polar surface area (TPSA) is 118 Å². The van der Waals surface area contributed by atoms with Crippen molar-refractivity contribution < 1.29 is 37.7 Å². The Morgan fingerprint density at radius 2 is 1.75 bits per heavy atom. The molecule has 0 bridgehead atoms. The van der Waals surface area contributed by atoms with Crippen LogP contribution in [-0.4, -0.2) is 79.3 Å². The van der Waals surface area contributed by atoms with E-state index < -0.39 is 24.2 Å². The minimum Gasteiger partial charge on any atom is -0.479 e. The number of halogens is 4. The molecular formula is C23H28ClF3N4O5. The number of hydrogen-bond donors (Lipinski definition) is 2. The fourth-order valence-electron chi connectivity index (χ4n) is 4.59. The molecule has 2 aromatic rings. The first kappa shape index (κ1) is 27.9. The molecule has 198 valence electrons. The molecular weight excluding hydrogens is 505 g/mol. The van der Waals surface area contributed by atoms with Crippen LogP contribution in [-0.2, 0) is 27.8 Å². The molecule has 4 rings (SSSR count). The number of nitrogens with zero attached hydrogens (tertiary/aromatic N) is 4. The number of rotatable bonds is 5. The molecule has 2 aliphatic rings. The third-order valence-electron chi connectivity index (χ3n) is 6.39. The van der Waals surface area contributed by atoms with E-state index in [0.29, 0.717) is 25.1 Å². The third kappa shape index (κ3) is 7.65. The normalized spacial score (nSPS) is 25.0. The first-order valence-electron chi connectivity index (χ1n) is 11.4. The Morgan fingerprint density at radius 1 is 1.14 bits per heavy atom. The summed E-state index contributed by atoms with van der Waals surface area (Å²) >= 11 is 6.01. The number of carboxylic acid groups (broad SMARTS) is 2. The third-order valence-corrected chi connectivity index (χ3v) is 6.64. The van der Waals surface area contributed by atoms with Gasteiger partial charge in [-0.3, -0.25) is 9.58 Å². The Morgan fingerprint density at radius 3 is 2.25 bits per heavy atom. The van der Waals surface area contributed by atoms with Crippen LogP contribution in [0.5, 0.6) is 0 Å². The monoisotopic (exact) mass is 532 g/mol. The smallest absolute Gasteiger partial charge is 0.479 e. The molecule has 1 saturated carbocycles. The van der Waals surface area contributed by atoms with Crippen LogP contribution in [0.2, 0.25) is 5.02 Å². The van der Waals surface area contributed by atoms with Gasteiger partial charge in [-0.05, 0) is 49.8 Å². The Bertz CT molecular complexity index is 1030. The maximum atomic E-state index is 11.5. The van der Waals surface area contributed by atoms with Crippen LogP contribution < -0.4 is 0 Å². The lowest BCUT2D eigenvalue weighted by Gasteiger charge is -2.45. The highest BCUT2D eigenvalue weighted by Gasteiger charge is 2.39. The van der Waals surface area contributed by atoms with Crippen LogP contribution in [0.4, 0.5) is 13.2 Å². The van der Waals surface area contributed by atoms with E-state index in [2.05, 4.69) is 15.0 Å². The number of ether oxygens (including phenoxy) is 1. The van der Waals surface area contributed by atoms with Gasteiger partial charge in [0.15, 0.2) is 11.9 Å². The first-order chi connectivity index (χ1) is 16.9. The van der Waals surface area contributed by atoms with Gasteiger partial charge < -0.3 is 14.9 Å². The minimum absolute atomic E-state index is 0.168. The van der Waals surface area contributed by atoms with Crippen LogP contribution in [0.1, 0.15) is 43.0 Å². The van der Waals surface area contributed by atoms with Gasteiger partial charge in [0.05, 0.1) is 6.61 Å². The summed E-state index contributed by atoms with van der Waals surface area (Å²) < 4.78 is 39.2. The molecule has 36 heavy (non-hydrogen) atoms. The highest BCUT2D eigenvalue weighted by molar-refractivity contribution is 6.30. The van der Waals surface area contributed by atoms with Gasteiger partial charge in [-0.15, -0.1) is 0 Å². The molecule has 2 heterocycles. The Labute approximate surface area is 210 Å². The van der Waals surface area contributed by atoms with E-state index in [1.165, 1.54) is 5.56 Å². The predicted molar refractivity (Wildman–Crippen MR) is 123 cm³/mol. The van der Waals surface area contributed by atoms with Gasteiger partial charge in [-0.1, -0.05) is 23.7 Å². The summed E-state index contributed by atoms with van der Waals surface area (Å²) in [7, 11) is 1.89. The van der Waals surface area contributed by atoms with Crippen molar-refractivity contribution in [1.82, 2.24) is 19.7 Å². The molecule has 2 N–H and O–H groups in total. The van der Waals surface area contributed by atoms with Gasteiger partial charge in [-0.2, -0.15) is 18.3 Å². The second-order valence-electron chi connectivity index (χ2n) is 8.93. The van der Waals surface area contributed by atoms with Gasteiger partial charge in [0.2, 0.25) is 0 Å². The first-order valence-corrected chi connectivity index (χ1v) is 11.8. The zero-order valence-corrected chi connectivity index (χ0v) is 20.3. The number of alkyl halides is 3. The van der Waals surface area contributed by atoms with E-state index in [9.17, 15) is 23.1 Å². The van der Waals surface area contributed by atoms with Crippen molar-refractivity contribution in [3.8, 4) is 0 Å². The molecule has 9 nitrogen and oxygen atoms in total. The molecule has 2 fully saturated rings. The zero-order chi connectivity index (χ0) is 26.5. The van der Waals surface area contributed by atoms with Crippen molar-refractivity contribution >= 4 is 23.5 Å². The quantitative estimate of drug-likeness (QED) is 0.600. The maximum Gasteiger partial charge on any atom is 0.490 e. The van der Waals surface area contributed by atoms with E-state index in [1.54, 1.807) is 11.0 Å². The number of morpholine rings is 1. The van der Waals surface area contributed by atoms with Crippen molar-refractivity contribution in [2.75, 3.05) is 13.2 Å². The number of benzene rings is 1. The highest BCUT2D eigenvalue weighted by Crippen LogP contribution is 2.35. The van der Waals surface area contributed by atoms with E-state index >= 15 is 0 Å². The number of hydrogen-bond acceptors (Lipinski definition) is 6. The number of aliphatic carboxylic acids is 2. The molecule has 1 aromatic carbocycles. The summed E-state index contributed by atoms with van der Waals surface area (Å²) in [5.41, 5.74) is 1.19. The standard InChI is InChI=1S/C21H27ClN4O3.C2HF3O2/c1-25-13-23-20(24-25)15-4-8-17(9-5-15)26-11-19(21(27)28)29-12-18(26)10-14-2-6-16(22)7-3-14;3-2(4,5)1(6)7/h2-3,6-7,13,15,17-19H,4-5,8-12H2,1H3,(H,27,28);(H,6,7)/t15?,17?,18-,19+;/m0./s1. The van der Waals surface area contributed by atoms with Crippen LogP contribution in [0.25, 0.3) is 0 Å². The second-order valence-corrected chi connectivity index (χ2v) is 9.36. The van der Waals surface area contributed by atoms with E-state index in [4.69, 9.17) is 26.2 Å². The van der Waals surface area contributed by atoms with Crippen molar-refractivity contribution in [1.29, 1.82) is 0 Å². The largest absolute Gasteiger partial charge is 0.490 e. The van der Waals surface area contributed by atoms with Gasteiger partial charge in [0.1, 0.15) is 6.33 Å². The van der Waals surface area contributed by atoms with Crippen LogP contribution in [0.3, 0.4) is 0 Å². The van der Waals surface area contributed by atoms with Gasteiger partial charge in [0.25, 0.3) is 0 Å². The summed E-state index contributed by atoms with van der Waals surface area (Å²) in [6.45, 7) is 0.867. The molecule has 0 radical (unpaired) electrons. The van der Waals surface area contributed by atoms with Crippen molar-refractivity contribution in [3.05, 3.63) is 47.0 Å². The van der Waals surface area contributed by atoms with Crippen LogP contribution in [0, 0.1) is 0 Å². The van der Waals surface area contributed by atoms with Crippen LogP contribution >= 0.6 is 11.6 Å². The molecule has 0 unspecified atom stereocenters. The average molecular weight is 533 g/mol. The fraction of sp³-hybridized carbons (Fsp3) is 0.565. The number of aryl methyl sites for hydroxylation is 1. The lowest BCUT2D eigenvalue weighted by atomic mass is 9.83. The zero-order valence-electron chi connectivity index (χ0n) is 19.6. The maximum absolute atomic E-state index is 11.5. The molecule has 13 heteroatoms. The lowest BCUT2D eigenvalue weighted by Crippen LogP contribution is -2.57. The average Bonchev–Trinajstić information content (AvgIpc) is 3.27. The molecule has 0 amide bonds. The van der Waals surface area contributed by atoms with E-state index in [1.807, 2.05) is 31.3 Å². The van der Waals surface area contributed by atoms with Crippen molar-refractivity contribution in [2.24, 2.45) is 7.05 Å². The fourth-order valence-corrected chi connectivity index (χ4v) is 4.72. The summed E-state index contributed by atoms with van der Waals surface area (Å²) in [5.74, 6) is -2.33. The molecule has 2 atom stereocenters. The molecule has 1 aliphatic heterocycles. The predicted octanol–water partition coefficient (Wildman–Crippen LogP) is 3.52. The van der Waals surface area contributed by atoms with Gasteiger partial charge in [0, 0.05) is 36.6 Å². The van der Waals surface area contributed by atoms with Crippen molar-refractivity contribution in [2.45, 2.75) is 62.4 Å². The Balaban J connectivity index is 0.000000454. The number of aromatic nitrogens is 3. The Hall–Kier alpha value is -2.70. The van der Waals surface area contributed by atoms with E-state index in [0.717, 1.165) is 43.0 Å². The van der Waals surface area contributed by atoms with Crippen molar-refractivity contribution in [3.63, 3.8) is 0 Å².